The zero-order valence-electron chi connectivity index (χ0n) is 15.1. The minimum atomic E-state index is -0.197. The highest BCUT2D eigenvalue weighted by atomic mass is 35.5. The van der Waals surface area contributed by atoms with Gasteiger partial charge in [0, 0.05) is 16.6 Å². The molecule has 5 nitrogen and oxygen atoms in total. The van der Waals surface area contributed by atoms with Crippen molar-refractivity contribution in [1.29, 1.82) is 0 Å². The topological polar surface area (TPSA) is 66.9 Å². The number of hydrogen-bond acceptors (Lipinski definition) is 3. The Kier molecular flexibility index (Phi) is 5.77. The summed E-state index contributed by atoms with van der Waals surface area (Å²) in [5, 5.41) is 4.04. The van der Waals surface area contributed by atoms with Gasteiger partial charge in [0.25, 0.3) is 11.5 Å². The lowest BCUT2D eigenvalue weighted by molar-refractivity contribution is 0.0939. The zero-order chi connectivity index (χ0) is 19.6. The van der Waals surface area contributed by atoms with Gasteiger partial charge >= 0.3 is 0 Å². The fourth-order valence-electron chi connectivity index (χ4n) is 2.72. The summed E-state index contributed by atoms with van der Waals surface area (Å²) in [4.78, 5) is 28.3. The lowest BCUT2D eigenvalue weighted by Gasteiger charge is -2.12. The number of amides is 1. The molecule has 0 unspecified atom stereocenters. The molecule has 0 bridgehead atoms. The molecule has 0 saturated carbocycles. The Labute approximate surface area is 167 Å². The molecule has 1 amide bonds. The molecular formula is C20H20ClN3O2S. The summed E-state index contributed by atoms with van der Waals surface area (Å²) in [5.74, 6) is -0.170. The fraction of sp³-hybridized carbons (Fsp3) is 0.250. The largest absolute Gasteiger partial charge is 0.350 e. The summed E-state index contributed by atoms with van der Waals surface area (Å²) < 4.78 is 1.81. The van der Waals surface area contributed by atoms with E-state index in [9.17, 15) is 9.59 Å². The monoisotopic (exact) mass is 401 g/mol. The number of rotatable bonds is 5. The van der Waals surface area contributed by atoms with E-state index in [2.05, 4.69) is 10.3 Å². The Balaban J connectivity index is 1.99. The van der Waals surface area contributed by atoms with Gasteiger partial charge in [-0.05, 0) is 61.5 Å². The molecule has 0 radical (unpaired) electrons. The molecule has 1 heterocycles. The molecule has 2 N–H and O–H groups in total. The van der Waals surface area contributed by atoms with E-state index >= 15 is 0 Å². The summed E-state index contributed by atoms with van der Waals surface area (Å²) >= 11 is 11.3. The number of hydrogen-bond donors (Lipinski definition) is 2. The second-order valence-corrected chi connectivity index (χ2v) is 7.31. The van der Waals surface area contributed by atoms with E-state index in [1.165, 1.54) is 4.57 Å². The number of benzene rings is 2. The number of halogens is 1. The molecule has 7 heteroatoms. The van der Waals surface area contributed by atoms with Gasteiger partial charge in [-0.3, -0.25) is 14.2 Å². The Hall–Kier alpha value is -2.44. The van der Waals surface area contributed by atoms with Crippen molar-refractivity contribution in [2.24, 2.45) is 0 Å². The van der Waals surface area contributed by atoms with Gasteiger partial charge in [0.15, 0.2) is 4.77 Å². The van der Waals surface area contributed by atoms with Gasteiger partial charge in [-0.25, -0.2) is 0 Å². The summed E-state index contributed by atoms with van der Waals surface area (Å²) in [6.07, 6.45) is 0.844. The molecule has 2 aromatic carbocycles. The highest BCUT2D eigenvalue weighted by molar-refractivity contribution is 7.71. The van der Waals surface area contributed by atoms with Crippen molar-refractivity contribution < 1.29 is 4.79 Å². The standard InChI is InChI=1S/C20H20ClN3O2S/c1-3-12(2)22-18(25)14-6-9-16-17(10-14)23-20(27)24(19(16)26)11-13-4-7-15(21)8-5-13/h4-10,12H,3,11H2,1-2H3,(H,22,25)(H,23,27)/t12-/m1/s1. The first-order valence-corrected chi connectivity index (χ1v) is 9.50. The lowest BCUT2D eigenvalue weighted by Crippen LogP contribution is -2.32. The van der Waals surface area contributed by atoms with Crippen LogP contribution in [0.15, 0.2) is 47.3 Å². The molecule has 140 valence electrons. The van der Waals surface area contributed by atoms with E-state index < -0.39 is 0 Å². The molecule has 0 aliphatic rings. The number of nitrogens with one attached hydrogen (secondary N) is 2. The molecule has 3 rings (SSSR count). The van der Waals surface area contributed by atoms with Crippen molar-refractivity contribution in [2.45, 2.75) is 32.9 Å². The van der Waals surface area contributed by atoms with Crippen LogP contribution in [0.1, 0.15) is 36.2 Å². The minimum Gasteiger partial charge on any atom is -0.350 e. The Morgan fingerprint density at radius 1 is 1.26 bits per heavy atom. The van der Waals surface area contributed by atoms with Gasteiger partial charge in [0.1, 0.15) is 0 Å². The van der Waals surface area contributed by atoms with Crippen LogP contribution in [-0.2, 0) is 6.54 Å². The van der Waals surface area contributed by atoms with E-state index in [-0.39, 0.29) is 17.5 Å². The maximum atomic E-state index is 12.9. The first-order chi connectivity index (χ1) is 12.9. The van der Waals surface area contributed by atoms with Crippen LogP contribution in [-0.4, -0.2) is 21.5 Å². The van der Waals surface area contributed by atoms with Crippen molar-refractivity contribution in [3.63, 3.8) is 0 Å². The summed E-state index contributed by atoms with van der Waals surface area (Å²) in [5.41, 5.74) is 1.76. The fourth-order valence-corrected chi connectivity index (χ4v) is 3.10. The van der Waals surface area contributed by atoms with Crippen LogP contribution < -0.4 is 10.9 Å². The first-order valence-electron chi connectivity index (χ1n) is 8.71. The third-order valence-corrected chi connectivity index (χ3v) is 5.06. The molecule has 0 aliphatic carbocycles. The van der Waals surface area contributed by atoms with E-state index in [1.54, 1.807) is 30.3 Å². The van der Waals surface area contributed by atoms with Crippen LogP contribution in [0.4, 0.5) is 0 Å². The Bertz CT molecular complexity index is 1100. The molecule has 3 aromatic rings. The molecule has 0 fully saturated rings. The van der Waals surface area contributed by atoms with Crippen LogP contribution in [0, 0.1) is 4.77 Å². The van der Waals surface area contributed by atoms with Crippen molar-refractivity contribution in [2.75, 3.05) is 0 Å². The minimum absolute atomic E-state index is 0.0825. The number of fused-ring (bicyclic) bond motifs is 1. The highest BCUT2D eigenvalue weighted by Gasteiger charge is 2.12. The van der Waals surface area contributed by atoms with Crippen LogP contribution in [0.25, 0.3) is 10.9 Å². The summed E-state index contributed by atoms with van der Waals surface area (Å²) in [6.45, 7) is 4.30. The lowest BCUT2D eigenvalue weighted by atomic mass is 10.1. The van der Waals surface area contributed by atoms with E-state index in [0.717, 1.165) is 12.0 Å². The first kappa shape index (κ1) is 19.3. The predicted octanol–water partition coefficient (Wildman–Crippen LogP) is 4.29. The number of aromatic nitrogens is 2. The van der Waals surface area contributed by atoms with Gasteiger partial charge in [0.05, 0.1) is 17.4 Å². The Morgan fingerprint density at radius 3 is 2.63 bits per heavy atom. The smallest absolute Gasteiger partial charge is 0.262 e. The molecule has 1 aromatic heterocycles. The normalized spacial score (nSPS) is 12.1. The van der Waals surface area contributed by atoms with Crippen molar-refractivity contribution in [3.05, 3.63) is 73.7 Å². The third kappa shape index (κ3) is 4.28. The number of nitrogens with zero attached hydrogens (tertiary/aromatic N) is 1. The zero-order valence-corrected chi connectivity index (χ0v) is 16.7. The molecular weight excluding hydrogens is 382 g/mol. The van der Waals surface area contributed by atoms with E-state index in [1.807, 2.05) is 26.0 Å². The summed E-state index contributed by atoms with van der Waals surface area (Å²) in [6, 6.07) is 12.3. The maximum Gasteiger partial charge on any atom is 0.262 e. The summed E-state index contributed by atoms with van der Waals surface area (Å²) in [7, 11) is 0. The van der Waals surface area contributed by atoms with Crippen LogP contribution >= 0.6 is 23.8 Å². The molecule has 0 spiro atoms. The van der Waals surface area contributed by atoms with Gasteiger partial charge < -0.3 is 10.3 Å². The average Bonchev–Trinajstić information content (AvgIpc) is 2.66. The number of aromatic amines is 1. The van der Waals surface area contributed by atoms with Crippen LogP contribution in [0.3, 0.4) is 0 Å². The number of carbonyl (C=O) groups excluding carboxylic acids is 1. The Morgan fingerprint density at radius 2 is 1.96 bits per heavy atom. The molecule has 0 saturated heterocycles. The second kappa shape index (κ2) is 8.06. The average molecular weight is 402 g/mol. The second-order valence-electron chi connectivity index (χ2n) is 6.49. The SMILES string of the molecule is CC[C@@H](C)NC(=O)c1ccc2c(=O)n(Cc3ccc(Cl)cc3)c(=S)[nH]c2c1. The van der Waals surface area contributed by atoms with Gasteiger partial charge in [0.2, 0.25) is 0 Å². The van der Waals surface area contributed by atoms with Crippen molar-refractivity contribution in [1.82, 2.24) is 14.9 Å². The van der Waals surface area contributed by atoms with Crippen LogP contribution in [0.5, 0.6) is 0 Å². The van der Waals surface area contributed by atoms with Gasteiger partial charge in [-0.2, -0.15) is 0 Å². The van der Waals surface area contributed by atoms with Crippen LogP contribution in [0.2, 0.25) is 5.02 Å². The highest BCUT2D eigenvalue weighted by Crippen LogP contribution is 2.13. The molecule has 27 heavy (non-hydrogen) atoms. The number of carbonyl (C=O) groups is 1. The van der Waals surface area contributed by atoms with Crippen molar-refractivity contribution >= 4 is 40.6 Å². The van der Waals surface area contributed by atoms with Crippen molar-refractivity contribution in [3.8, 4) is 0 Å². The molecule has 1 atom stereocenters. The third-order valence-electron chi connectivity index (χ3n) is 4.49. The quantitative estimate of drug-likeness (QED) is 0.627. The predicted molar refractivity (Wildman–Crippen MR) is 111 cm³/mol. The maximum absolute atomic E-state index is 12.9. The number of H-pyrrole nitrogens is 1. The van der Waals surface area contributed by atoms with E-state index in [0.29, 0.717) is 32.8 Å². The van der Waals surface area contributed by atoms with E-state index in [4.69, 9.17) is 23.8 Å². The van der Waals surface area contributed by atoms with Gasteiger partial charge in [-0.15, -0.1) is 0 Å². The molecule has 0 aliphatic heterocycles. The van der Waals surface area contributed by atoms with Gasteiger partial charge in [-0.1, -0.05) is 30.7 Å².